The van der Waals surface area contributed by atoms with Crippen LogP contribution in [0.2, 0.25) is 0 Å². The Morgan fingerprint density at radius 2 is 2.17 bits per heavy atom. The van der Waals surface area contributed by atoms with E-state index in [-0.39, 0.29) is 12.5 Å². The van der Waals surface area contributed by atoms with Gasteiger partial charge in [0, 0.05) is 12.6 Å². The van der Waals surface area contributed by atoms with Crippen molar-refractivity contribution in [2.45, 2.75) is 13.0 Å². The van der Waals surface area contributed by atoms with E-state index in [1.807, 2.05) is 30.3 Å². The fraction of sp³-hybridized carbons (Fsp3) is 0.357. The maximum atomic E-state index is 11.4. The minimum absolute atomic E-state index is 0.153. The molecule has 0 heterocycles. The molecule has 1 rings (SSSR count). The van der Waals surface area contributed by atoms with Crippen molar-refractivity contribution < 1.29 is 14.6 Å². The number of carbonyl (C=O) groups is 1. The molecule has 98 valence electrons. The molecule has 0 fully saturated rings. The third kappa shape index (κ3) is 6.83. The topological polar surface area (TPSA) is 58.6 Å². The van der Waals surface area contributed by atoms with Crippen LogP contribution in [0.4, 0.5) is 0 Å². The van der Waals surface area contributed by atoms with E-state index in [9.17, 15) is 4.79 Å². The number of hydrogen-bond donors (Lipinski definition) is 2. The Labute approximate surface area is 107 Å². The molecule has 0 bridgehead atoms. The first-order valence-corrected chi connectivity index (χ1v) is 5.95. The summed E-state index contributed by atoms with van der Waals surface area (Å²) in [5.74, 6) is -0.153. The highest BCUT2D eigenvalue weighted by molar-refractivity contribution is 5.91. The molecule has 0 aliphatic rings. The van der Waals surface area contributed by atoms with Crippen LogP contribution in [-0.4, -0.2) is 36.9 Å². The molecular formula is C14H19NO3. The van der Waals surface area contributed by atoms with E-state index < -0.39 is 6.10 Å². The molecule has 4 nitrogen and oxygen atoms in total. The molecule has 18 heavy (non-hydrogen) atoms. The van der Waals surface area contributed by atoms with Crippen LogP contribution in [0, 0.1) is 0 Å². The number of hydrogen-bond acceptors (Lipinski definition) is 3. The number of rotatable bonds is 7. The third-order valence-corrected chi connectivity index (χ3v) is 2.13. The Balaban J connectivity index is 2.16. The largest absolute Gasteiger partial charge is 0.391 e. The monoisotopic (exact) mass is 249 g/mol. The second-order valence-corrected chi connectivity index (χ2v) is 3.96. The van der Waals surface area contributed by atoms with E-state index in [1.54, 1.807) is 13.0 Å². The van der Waals surface area contributed by atoms with Gasteiger partial charge < -0.3 is 15.2 Å². The maximum absolute atomic E-state index is 11.4. The molecule has 1 amide bonds. The molecule has 0 saturated heterocycles. The van der Waals surface area contributed by atoms with Crippen molar-refractivity contribution >= 4 is 12.0 Å². The second kappa shape index (κ2) is 8.44. The van der Waals surface area contributed by atoms with Gasteiger partial charge in [-0.15, -0.1) is 0 Å². The SMILES string of the molecule is CC(O)COCCNC(=O)/C=C/c1ccccc1. The number of carbonyl (C=O) groups excluding carboxylic acids is 1. The molecule has 0 aliphatic carbocycles. The zero-order valence-electron chi connectivity index (χ0n) is 10.5. The van der Waals surface area contributed by atoms with Crippen LogP contribution in [0.5, 0.6) is 0 Å². The summed E-state index contributed by atoms with van der Waals surface area (Å²) in [6, 6.07) is 9.62. The van der Waals surface area contributed by atoms with Crippen LogP contribution >= 0.6 is 0 Å². The van der Waals surface area contributed by atoms with Crippen molar-refractivity contribution in [2.24, 2.45) is 0 Å². The number of amides is 1. The minimum atomic E-state index is -0.473. The number of nitrogens with one attached hydrogen (secondary N) is 1. The molecule has 0 aliphatic heterocycles. The quantitative estimate of drug-likeness (QED) is 0.564. The highest BCUT2D eigenvalue weighted by Gasteiger charge is 1.97. The Hall–Kier alpha value is -1.65. The first-order chi connectivity index (χ1) is 8.68. The van der Waals surface area contributed by atoms with Gasteiger partial charge in [0.05, 0.1) is 19.3 Å². The van der Waals surface area contributed by atoms with Gasteiger partial charge in [0.25, 0.3) is 0 Å². The minimum Gasteiger partial charge on any atom is -0.391 e. The summed E-state index contributed by atoms with van der Waals surface area (Å²) in [6.45, 7) is 2.78. The normalized spacial score (nSPS) is 12.6. The predicted octanol–water partition coefficient (Wildman–Crippen LogP) is 1.21. The van der Waals surface area contributed by atoms with Gasteiger partial charge in [-0.2, -0.15) is 0 Å². The second-order valence-electron chi connectivity index (χ2n) is 3.96. The fourth-order valence-electron chi connectivity index (χ4n) is 1.30. The molecule has 1 aromatic carbocycles. The zero-order chi connectivity index (χ0) is 13.2. The summed E-state index contributed by atoms with van der Waals surface area (Å²) >= 11 is 0. The van der Waals surface area contributed by atoms with Crippen molar-refractivity contribution in [1.29, 1.82) is 0 Å². The van der Waals surface area contributed by atoms with E-state index in [0.29, 0.717) is 13.2 Å². The van der Waals surface area contributed by atoms with Crippen LogP contribution in [0.15, 0.2) is 36.4 Å². The first kappa shape index (κ1) is 14.4. The maximum Gasteiger partial charge on any atom is 0.244 e. The Morgan fingerprint density at radius 1 is 1.44 bits per heavy atom. The van der Waals surface area contributed by atoms with Crippen LogP contribution < -0.4 is 5.32 Å². The lowest BCUT2D eigenvalue weighted by atomic mass is 10.2. The molecule has 1 aromatic rings. The lowest BCUT2D eigenvalue weighted by molar-refractivity contribution is -0.116. The molecule has 0 aromatic heterocycles. The van der Waals surface area contributed by atoms with Gasteiger partial charge in [0.2, 0.25) is 5.91 Å². The molecule has 4 heteroatoms. The van der Waals surface area contributed by atoms with Crippen molar-refractivity contribution in [1.82, 2.24) is 5.32 Å². The molecule has 0 saturated carbocycles. The van der Waals surface area contributed by atoms with Gasteiger partial charge in [0.1, 0.15) is 0 Å². The Morgan fingerprint density at radius 3 is 2.83 bits per heavy atom. The molecule has 0 radical (unpaired) electrons. The molecule has 1 unspecified atom stereocenters. The molecule has 0 spiro atoms. The summed E-state index contributed by atoms with van der Waals surface area (Å²) in [7, 11) is 0. The highest BCUT2D eigenvalue weighted by atomic mass is 16.5. The zero-order valence-corrected chi connectivity index (χ0v) is 10.5. The summed E-state index contributed by atoms with van der Waals surface area (Å²) < 4.78 is 5.12. The number of aliphatic hydroxyl groups is 1. The van der Waals surface area contributed by atoms with Gasteiger partial charge in [-0.05, 0) is 18.6 Å². The van der Waals surface area contributed by atoms with Crippen LogP contribution in [0.1, 0.15) is 12.5 Å². The van der Waals surface area contributed by atoms with Crippen LogP contribution in [0.25, 0.3) is 6.08 Å². The molecule has 2 N–H and O–H groups in total. The van der Waals surface area contributed by atoms with Crippen molar-refractivity contribution in [3.8, 4) is 0 Å². The summed E-state index contributed by atoms with van der Waals surface area (Å²) in [6.07, 6.45) is 2.77. The van der Waals surface area contributed by atoms with Crippen molar-refractivity contribution in [2.75, 3.05) is 19.8 Å². The van der Waals surface area contributed by atoms with Gasteiger partial charge in [0.15, 0.2) is 0 Å². The first-order valence-electron chi connectivity index (χ1n) is 5.95. The lowest BCUT2D eigenvalue weighted by Gasteiger charge is -2.06. The predicted molar refractivity (Wildman–Crippen MR) is 71.0 cm³/mol. The van der Waals surface area contributed by atoms with Crippen LogP contribution in [-0.2, 0) is 9.53 Å². The van der Waals surface area contributed by atoms with Gasteiger partial charge in [-0.3, -0.25) is 4.79 Å². The van der Waals surface area contributed by atoms with E-state index in [2.05, 4.69) is 5.32 Å². The van der Waals surface area contributed by atoms with E-state index in [1.165, 1.54) is 6.08 Å². The van der Waals surface area contributed by atoms with Crippen molar-refractivity contribution in [3.63, 3.8) is 0 Å². The average Bonchev–Trinajstić information content (AvgIpc) is 2.37. The number of aliphatic hydroxyl groups excluding tert-OH is 1. The van der Waals surface area contributed by atoms with Gasteiger partial charge >= 0.3 is 0 Å². The fourth-order valence-corrected chi connectivity index (χ4v) is 1.30. The lowest BCUT2D eigenvalue weighted by Crippen LogP contribution is -2.26. The van der Waals surface area contributed by atoms with Crippen LogP contribution in [0.3, 0.4) is 0 Å². The Kier molecular flexibility index (Phi) is 6.76. The smallest absolute Gasteiger partial charge is 0.244 e. The van der Waals surface area contributed by atoms with Gasteiger partial charge in [-0.25, -0.2) is 0 Å². The summed E-state index contributed by atoms with van der Waals surface area (Å²) in [5.41, 5.74) is 0.984. The van der Waals surface area contributed by atoms with E-state index in [0.717, 1.165) is 5.56 Å². The molecular weight excluding hydrogens is 230 g/mol. The van der Waals surface area contributed by atoms with E-state index in [4.69, 9.17) is 9.84 Å². The highest BCUT2D eigenvalue weighted by Crippen LogP contribution is 2.00. The van der Waals surface area contributed by atoms with E-state index >= 15 is 0 Å². The van der Waals surface area contributed by atoms with Crippen molar-refractivity contribution in [3.05, 3.63) is 42.0 Å². The molecule has 1 atom stereocenters. The summed E-state index contributed by atoms with van der Waals surface area (Å²) in [5, 5.41) is 11.6. The average molecular weight is 249 g/mol. The van der Waals surface area contributed by atoms with Gasteiger partial charge in [-0.1, -0.05) is 30.3 Å². The number of benzene rings is 1. The number of ether oxygens (including phenoxy) is 1. The third-order valence-electron chi connectivity index (χ3n) is 2.13. The summed E-state index contributed by atoms with van der Waals surface area (Å²) in [4.78, 5) is 11.4. The Bertz CT molecular complexity index is 374. The standard InChI is InChI=1S/C14H19NO3/c1-12(16)11-18-10-9-15-14(17)8-7-13-5-3-2-4-6-13/h2-8,12,16H,9-11H2,1H3,(H,15,17)/b8-7+.